The highest BCUT2D eigenvalue weighted by molar-refractivity contribution is 6.24. The number of hydrogen-bond acceptors (Lipinski definition) is 8. The fourth-order valence-corrected chi connectivity index (χ4v) is 6.85. The molecule has 11 heteroatoms. The van der Waals surface area contributed by atoms with Crippen LogP contribution in [0.3, 0.4) is 0 Å². The van der Waals surface area contributed by atoms with Gasteiger partial charge in [0, 0.05) is 41.7 Å². The molecule has 2 amide bonds. The number of carbonyl (C=O) groups excluding carboxylic acids is 4. The first-order chi connectivity index (χ1) is 20.1. The summed E-state index contributed by atoms with van der Waals surface area (Å²) in [5.74, 6) is -5.70. The highest BCUT2D eigenvalue weighted by Gasteiger charge is 2.64. The molecule has 0 radical (unpaired) electrons. The summed E-state index contributed by atoms with van der Waals surface area (Å²) in [6.45, 7) is 3.99. The Morgan fingerprint density at radius 1 is 1.14 bits per heavy atom. The molecule has 0 saturated heterocycles. The van der Waals surface area contributed by atoms with Gasteiger partial charge in [-0.3, -0.25) is 19.2 Å². The van der Waals surface area contributed by atoms with Gasteiger partial charge in [-0.15, -0.1) is 0 Å². The van der Waals surface area contributed by atoms with E-state index in [2.05, 4.69) is 5.32 Å². The maximum Gasteiger partial charge on any atom is 0.255 e. The Labute approximate surface area is 248 Å². The van der Waals surface area contributed by atoms with E-state index in [0.29, 0.717) is 29.8 Å². The van der Waals surface area contributed by atoms with E-state index in [1.54, 1.807) is 31.2 Å². The predicted octanol–water partition coefficient (Wildman–Crippen LogP) is 2.64. The number of Topliss-reactive ketones (excluding diaryl/α,β-unsaturated/α-hetero) is 2. The van der Waals surface area contributed by atoms with Crippen molar-refractivity contribution in [3.63, 3.8) is 0 Å². The molecular weight excluding hydrogens is 555 g/mol. The summed E-state index contributed by atoms with van der Waals surface area (Å²) in [6.07, 6.45) is -0.130. The maximum absolute atomic E-state index is 15.9. The summed E-state index contributed by atoms with van der Waals surface area (Å²) in [6, 6.07) is 7.89. The van der Waals surface area contributed by atoms with Gasteiger partial charge in [-0.05, 0) is 69.5 Å². The molecule has 0 aliphatic heterocycles. The van der Waals surface area contributed by atoms with Gasteiger partial charge in [0.2, 0.25) is 0 Å². The Hall–Kier alpha value is -4.35. The first-order valence-electron chi connectivity index (χ1n) is 14.0. The third-order valence-electron chi connectivity index (χ3n) is 9.26. The first kappa shape index (κ1) is 30.1. The van der Waals surface area contributed by atoms with Crippen molar-refractivity contribution >= 4 is 23.4 Å². The van der Waals surface area contributed by atoms with Crippen LogP contribution in [-0.4, -0.2) is 71.2 Å². The Balaban J connectivity index is 1.62. The first-order valence-corrected chi connectivity index (χ1v) is 14.0. The molecule has 10 nitrogen and oxygen atoms in total. The second kappa shape index (κ2) is 10.4. The number of hydrogen-bond donors (Lipinski definition) is 5. The summed E-state index contributed by atoms with van der Waals surface area (Å²) in [5, 5.41) is 24.9. The van der Waals surface area contributed by atoms with Crippen molar-refractivity contribution < 1.29 is 33.8 Å². The molecule has 3 atom stereocenters. The summed E-state index contributed by atoms with van der Waals surface area (Å²) in [5.41, 5.74) is 9.86. The zero-order valence-electron chi connectivity index (χ0n) is 24.5. The van der Waals surface area contributed by atoms with E-state index in [4.69, 9.17) is 11.5 Å². The van der Waals surface area contributed by atoms with Crippen molar-refractivity contribution in [2.24, 2.45) is 22.8 Å². The van der Waals surface area contributed by atoms with Gasteiger partial charge in [-0.25, -0.2) is 4.39 Å². The Morgan fingerprint density at radius 3 is 2.49 bits per heavy atom. The van der Waals surface area contributed by atoms with Crippen LogP contribution in [-0.2, 0) is 16.0 Å². The van der Waals surface area contributed by atoms with Gasteiger partial charge >= 0.3 is 0 Å². The molecule has 2 aromatic carbocycles. The number of likely N-dealkylation sites (N-methyl/N-ethyl adjacent to an activating group) is 1. The molecule has 5 rings (SSSR count). The lowest BCUT2D eigenvalue weighted by Gasteiger charge is -2.53. The molecule has 3 aliphatic rings. The topological polar surface area (TPSA) is 176 Å². The average Bonchev–Trinajstić information content (AvgIpc) is 2.91. The van der Waals surface area contributed by atoms with Crippen LogP contribution < -0.4 is 16.8 Å². The minimum absolute atomic E-state index is 0.00405. The molecule has 43 heavy (non-hydrogen) atoms. The van der Waals surface area contributed by atoms with E-state index >= 15 is 4.39 Å². The summed E-state index contributed by atoms with van der Waals surface area (Å²) < 4.78 is 15.9. The van der Waals surface area contributed by atoms with Crippen molar-refractivity contribution in [3.05, 3.63) is 81.1 Å². The molecule has 0 unspecified atom stereocenters. The smallest absolute Gasteiger partial charge is 0.255 e. The number of aryl methyl sites for hydroxylation is 1. The molecule has 0 fully saturated rings. The number of rotatable bonds is 6. The Morgan fingerprint density at radius 2 is 1.84 bits per heavy atom. The van der Waals surface area contributed by atoms with Crippen molar-refractivity contribution in [2.45, 2.75) is 38.6 Å². The van der Waals surface area contributed by atoms with Gasteiger partial charge in [0.15, 0.2) is 11.6 Å². The van der Waals surface area contributed by atoms with Crippen molar-refractivity contribution in [3.8, 4) is 11.1 Å². The Kier molecular flexibility index (Phi) is 7.30. The average molecular weight is 591 g/mol. The van der Waals surface area contributed by atoms with E-state index < -0.39 is 63.2 Å². The van der Waals surface area contributed by atoms with E-state index in [1.807, 2.05) is 19.0 Å². The van der Waals surface area contributed by atoms with Gasteiger partial charge in [0.25, 0.3) is 11.8 Å². The lowest BCUT2D eigenvalue weighted by atomic mass is 9.51. The van der Waals surface area contributed by atoms with Crippen LogP contribution in [0.5, 0.6) is 0 Å². The van der Waals surface area contributed by atoms with Gasteiger partial charge in [-0.1, -0.05) is 24.3 Å². The molecular formula is C32H35FN4O6. The number of fused-ring (bicyclic) bond motifs is 3. The van der Waals surface area contributed by atoms with Gasteiger partial charge in [0.1, 0.15) is 28.3 Å². The van der Waals surface area contributed by atoms with Crippen LogP contribution in [0.15, 0.2) is 53.0 Å². The SMILES string of the molecule is Cc1ccc(-c2cccc(C(=O)NCCN(C)C)c2F)c2c1C(=O)C1=C(O)[C@]3(C)C(=O)C(C(N)=O)=C(O)C[C@]3(N)C[C@@H]1C2. The fourth-order valence-electron chi connectivity index (χ4n) is 6.85. The normalized spacial score (nSPS) is 25.0. The molecule has 226 valence electrons. The van der Waals surface area contributed by atoms with E-state index in [0.717, 1.165) is 0 Å². The van der Waals surface area contributed by atoms with Crippen LogP contribution >= 0.6 is 0 Å². The van der Waals surface area contributed by atoms with Crippen molar-refractivity contribution in [1.82, 2.24) is 10.2 Å². The van der Waals surface area contributed by atoms with Gasteiger partial charge in [0.05, 0.1) is 5.56 Å². The number of amides is 2. The second-order valence-corrected chi connectivity index (χ2v) is 12.2. The van der Waals surface area contributed by atoms with Crippen LogP contribution in [0.2, 0.25) is 0 Å². The number of allylic oxidation sites excluding steroid dienone is 1. The van der Waals surface area contributed by atoms with E-state index in [1.165, 1.54) is 13.0 Å². The number of aliphatic hydroxyl groups excluding tert-OH is 2. The third-order valence-corrected chi connectivity index (χ3v) is 9.26. The lowest BCUT2D eigenvalue weighted by Crippen LogP contribution is -2.66. The minimum atomic E-state index is -1.88. The Bertz CT molecular complexity index is 1680. The molecule has 7 N–H and O–H groups in total. The summed E-state index contributed by atoms with van der Waals surface area (Å²) in [4.78, 5) is 54.4. The zero-order valence-corrected chi connectivity index (χ0v) is 24.5. The van der Waals surface area contributed by atoms with Gasteiger partial charge in [-0.2, -0.15) is 0 Å². The molecule has 0 saturated carbocycles. The van der Waals surface area contributed by atoms with E-state index in [-0.39, 0.29) is 41.5 Å². The fraction of sp³-hybridized carbons (Fsp3) is 0.375. The molecule has 0 bridgehead atoms. The summed E-state index contributed by atoms with van der Waals surface area (Å²) >= 11 is 0. The highest BCUT2D eigenvalue weighted by Crippen LogP contribution is 2.56. The zero-order chi connectivity index (χ0) is 31.6. The molecule has 0 spiro atoms. The quantitative estimate of drug-likeness (QED) is 0.319. The number of nitrogens with one attached hydrogen (secondary N) is 1. The van der Waals surface area contributed by atoms with Crippen molar-refractivity contribution in [2.75, 3.05) is 27.2 Å². The van der Waals surface area contributed by atoms with Crippen LogP contribution in [0.4, 0.5) is 4.39 Å². The molecule has 2 aromatic rings. The third kappa shape index (κ3) is 4.45. The lowest BCUT2D eigenvalue weighted by molar-refractivity contribution is -0.133. The number of nitrogens with two attached hydrogens (primary N) is 2. The van der Waals surface area contributed by atoms with Crippen LogP contribution in [0.1, 0.15) is 51.6 Å². The largest absolute Gasteiger partial charge is 0.511 e. The molecule has 3 aliphatic carbocycles. The summed E-state index contributed by atoms with van der Waals surface area (Å²) in [7, 11) is 3.72. The second-order valence-electron chi connectivity index (χ2n) is 12.2. The van der Waals surface area contributed by atoms with Gasteiger partial charge < -0.3 is 31.9 Å². The van der Waals surface area contributed by atoms with Crippen molar-refractivity contribution in [1.29, 1.82) is 0 Å². The molecule has 0 heterocycles. The number of carbonyl (C=O) groups is 4. The number of primary amides is 1. The minimum Gasteiger partial charge on any atom is -0.511 e. The number of benzene rings is 2. The number of nitrogens with zero attached hydrogens (tertiary/aromatic N) is 1. The van der Waals surface area contributed by atoms with Crippen LogP contribution in [0, 0.1) is 24.1 Å². The van der Waals surface area contributed by atoms with Crippen LogP contribution in [0.25, 0.3) is 11.1 Å². The molecule has 0 aromatic heterocycles. The monoisotopic (exact) mass is 590 g/mol. The maximum atomic E-state index is 15.9. The number of aliphatic hydroxyl groups is 2. The standard InChI is InChI=1S/C32H35FN4O6/c1-15-8-9-17(18-6-5-7-19(25(18)33)30(43)36-10-11-37(3)4)20-12-16-13-32(35)14-21(38)24(29(34)42)28(41)31(32,2)27(40)23(16)26(39)22(15)20/h5-9,16,38,40H,10-14,35H2,1-4H3,(H2,34,42)(H,36,43)/t16-,31+,32+/m0/s1. The predicted molar refractivity (Wildman–Crippen MR) is 157 cm³/mol. The highest BCUT2D eigenvalue weighted by atomic mass is 19.1. The van der Waals surface area contributed by atoms with E-state index in [9.17, 15) is 29.4 Å². The number of halogens is 1. The number of ketones is 2.